The normalized spacial score (nSPS) is 16.6. The van der Waals surface area contributed by atoms with Crippen LogP contribution < -0.4 is 42.8 Å². The van der Waals surface area contributed by atoms with Gasteiger partial charge in [-0.1, -0.05) is 119 Å². The monoisotopic (exact) mass is 2040 g/mol. The van der Waals surface area contributed by atoms with Crippen molar-refractivity contribution in [1.82, 2.24) is 58.3 Å². The Morgan fingerprint density at radius 2 is 0.638 bits per heavy atom. The second kappa shape index (κ2) is 40.7. The van der Waals surface area contributed by atoms with Crippen LogP contribution in [0.15, 0.2) is 107 Å². The van der Waals surface area contributed by atoms with Crippen LogP contribution in [0.3, 0.4) is 0 Å². The lowest BCUT2D eigenvalue weighted by molar-refractivity contribution is -0.131. The van der Waals surface area contributed by atoms with Gasteiger partial charge in [-0.3, -0.25) is 57.4 Å². The minimum Gasteiger partial charge on any atom is -0.397 e. The molecule has 6 atom stereocenters. The molecule has 3 fully saturated rings. The summed E-state index contributed by atoms with van der Waals surface area (Å²) in [6.45, 7) is 39.1. The van der Waals surface area contributed by atoms with Crippen molar-refractivity contribution in [2.24, 2.45) is 0 Å². The van der Waals surface area contributed by atoms with Gasteiger partial charge in [-0.05, 0) is 151 Å². The summed E-state index contributed by atoms with van der Waals surface area (Å²) >= 11 is 32.0. The second-order valence-corrected chi connectivity index (χ2v) is 37.2. The van der Waals surface area contributed by atoms with E-state index in [0.29, 0.717) is 39.5 Å². The van der Waals surface area contributed by atoms with E-state index in [9.17, 15) is 70.9 Å². The summed E-state index contributed by atoms with van der Waals surface area (Å²) < 4.78 is 166. The third-order valence-corrected chi connectivity index (χ3v) is 26.4. The predicted molar refractivity (Wildman–Crippen MR) is 520 cm³/mol. The highest BCUT2D eigenvalue weighted by molar-refractivity contribution is 6.39. The molecule has 141 heavy (non-hydrogen) atoms. The first-order valence-corrected chi connectivity index (χ1v) is 45.7. The molecular formula is C99H88Cl5F11N20O6. The third kappa shape index (κ3) is 18.0. The van der Waals surface area contributed by atoms with Crippen molar-refractivity contribution < 1.29 is 62.7 Å². The number of nitrogen functional groups attached to an aromatic ring is 2. The highest BCUT2D eigenvalue weighted by atomic mass is 35.5. The maximum atomic E-state index is 15.6. The van der Waals surface area contributed by atoms with E-state index >= 15 is 22.0 Å². The number of aryl methyl sites for hydroxylation is 3. The zero-order chi connectivity index (χ0) is 104. The molecule has 0 spiro atoms. The maximum Gasteiger partial charge on any atom is 0.276 e. The number of anilines is 5. The Balaban J connectivity index is 0.000000178. The topological polar surface area (TPSA) is 337 Å². The van der Waals surface area contributed by atoms with Gasteiger partial charge in [0.15, 0.2) is 58.2 Å². The summed E-state index contributed by atoms with van der Waals surface area (Å²) in [4.78, 5) is 118. The van der Waals surface area contributed by atoms with Gasteiger partial charge in [-0.2, -0.15) is 15.8 Å². The van der Waals surface area contributed by atoms with Gasteiger partial charge in [0.25, 0.3) is 16.7 Å². The predicted octanol–water partition coefficient (Wildman–Crippen LogP) is 20.0. The number of fused-ring (bicyclic) bond motifs is 3. The van der Waals surface area contributed by atoms with Crippen LogP contribution >= 0.6 is 58.0 Å². The summed E-state index contributed by atoms with van der Waals surface area (Å²) in [6.07, 6.45) is 8.33. The number of piperazine rings is 3. The minimum absolute atomic E-state index is 0.00155. The van der Waals surface area contributed by atoms with E-state index in [1.165, 1.54) is 47.2 Å². The molecule has 0 aliphatic carbocycles. The van der Waals surface area contributed by atoms with Crippen molar-refractivity contribution in [3.63, 3.8) is 0 Å². The number of nitrogens with zero attached hydrogens (tertiary/aromatic N) is 18. The van der Waals surface area contributed by atoms with Gasteiger partial charge >= 0.3 is 0 Å². The molecule has 3 aliphatic heterocycles. The number of carbonyl (C=O) groups excluding carboxylic acids is 3. The number of hydrogen-bond acceptors (Lipinski definition) is 20. The van der Waals surface area contributed by atoms with Crippen molar-refractivity contribution in [2.45, 2.75) is 158 Å². The number of pyridine rings is 9. The van der Waals surface area contributed by atoms with E-state index in [4.69, 9.17) is 74.5 Å². The van der Waals surface area contributed by atoms with Crippen LogP contribution in [0.1, 0.15) is 151 Å². The van der Waals surface area contributed by atoms with Gasteiger partial charge in [-0.15, -0.1) is 0 Å². The first-order chi connectivity index (χ1) is 66.5. The molecule has 15 rings (SSSR count). The Morgan fingerprint density at radius 1 is 0.383 bits per heavy atom. The molecule has 0 saturated carbocycles. The number of aromatic nitrogens is 9. The number of nitrogens with two attached hydrogens (primary N) is 2. The van der Waals surface area contributed by atoms with Crippen LogP contribution in [0.25, 0.3) is 83.9 Å². The fourth-order valence-corrected chi connectivity index (χ4v) is 19.9. The fourth-order valence-electron chi connectivity index (χ4n) is 18.8. The van der Waals surface area contributed by atoms with E-state index in [1.54, 1.807) is 104 Å². The molecule has 0 unspecified atom stereocenters. The largest absolute Gasteiger partial charge is 0.397 e. The molecule has 732 valence electrons. The number of rotatable bonds is 15. The first kappa shape index (κ1) is 104. The molecule has 0 radical (unpaired) electrons. The lowest BCUT2D eigenvalue weighted by Gasteiger charge is -2.45. The van der Waals surface area contributed by atoms with Gasteiger partial charge in [0.1, 0.15) is 67.6 Å². The zero-order valence-corrected chi connectivity index (χ0v) is 82.0. The number of nitriles is 3. The molecule has 12 aromatic rings. The van der Waals surface area contributed by atoms with Crippen molar-refractivity contribution in [1.29, 1.82) is 15.8 Å². The van der Waals surface area contributed by atoms with E-state index in [-0.39, 0.29) is 176 Å². The third-order valence-electron chi connectivity index (χ3n) is 24.9. The molecule has 3 saturated heterocycles. The van der Waals surface area contributed by atoms with Crippen molar-refractivity contribution >= 4 is 137 Å². The molecular weight excluding hydrogens is 1950 g/mol. The van der Waals surface area contributed by atoms with E-state index in [0.717, 1.165) is 9.13 Å². The second-order valence-electron chi connectivity index (χ2n) is 35.2. The summed E-state index contributed by atoms with van der Waals surface area (Å²) in [7, 11) is 0. The lowest BCUT2D eigenvalue weighted by atomic mass is 10.0. The molecule has 3 amide bonds. The highest BCUT2D eigenvalue weighted by Crippen LogP contribution is 2.49. The molecule has 42 heteroatoms. The quantitative estimate of drug-likeness (QED) is 0.0316. The Hall–Kier alpha value is -14.0. The molecule has 0 bridgehead atoms. The van der Waals surface area contributed by atoms with Gasteiger partial charge < -0.3 is 40.9 Å². The lowest BCUT2D eigenvalue weighted by Crippen LogP contribution is -2.58. The summed E-state index contributed by atoms with van der Waals surface area (Å²) in [5.41, 5.74) is 5.92. The zero-order valence-electron chi connectivity index (χ0n) is 78.2. The standard InChI is InChI=1S/C33H30Cl3F2N7O2.C33H28ClF5N6O2.C33H30ClF4N7O2/c1-7-21(46)44-16(5)12-43(13-17(44)6)31-18-10-20(34)29(22-25(37)23(35)26(38)24(36)27(22)40)42-32(18)45(33(47)19(31)11-39)30-15(4)8-9-41-28(30)14(2)3;1-7-21(46)44-16(5)12-43(13-17(44)6)31-18-10-20(34)29(22-23(35)25(37)27(39)26(38)24(22)36)42-32(18)45(33(47)19(31)11-40)30-15(4)8-9-41-28(30)14(2)3;1-7-21(46)44-16(5)12-43(13-17(44)6)31-18-10-20(34)29(22-23(35)25(37)26(38)27(40)24(22)36)42-32(18)45(33(47)19(31)11-39)30-15(4)8-9-41-28(30)14(2)3/h7-10,14,16-17H,1,12-13,40H2,2-6H3;7-10,14,16-17H,1,12-13H2,2-6H3;7-10,14,16-17H,1,12-13,40H2,2-6H3/t3*16-,17+. The number of carbonyl (C=O) groups is 3. The van der Waals surface area contributed by atoms with Crippen LogP contribution in [0.4, 0.5) is 76.7 Å². The molecule has 9 aromatic heterocycles. The van der Waals surface area contributed by atoms with E-state index < -0.39 is 164 Å². The van der Waals surface area contributed by atoms with Gasteiger partial charge in [0.05, 0.1) is 106 Å². The van der Waals surface area contributed by atoms with Crippen molar-refractivity contribution in [2.75, 3.05) is 65.4 Å². The van der Waals surface area contributed by atoms with Crippen molar-refractivity contribution in [3.8, 4) is 69.0 Å². The Bertz CT molecular complexity index is 6860. The van der Waals surface area contributed by atoms with E-state index in [2.05, 4.69) is 50.7 Å². The average molecular weight is 2040 g/mol. The fraction of sp³-hybridized carbons (Fsp3) is 0.303. The van der Waals surface area contributed by atoms with Crippen LogP contribution in [0.2, 0.25) is 25.1 Å². The maximum absolute atomic E-state index is 15.6. The summed E-state index contributed by atoms with van der Waals surface area (Å²) in [5.74, 6) is -22.6. The van der Waals surface area contributed by atoms with Crippen LogP contribution in [-0.4, -0.2) is 152 Å². The Labute approximate surface area is 825 Å². The number of halogens is 16. The molecule has 3 aliphatic rings. The van der Waals surface area contributed by atoms with Crippen molar-refractivity contribution in [3.05, 3.63) is 264 Å². The van der Waals surface area contributed by atoms with Gasteiger partial charge in [0, 0.05) is 110 Å². The molecule has 26 nitrogen and oxygen atoms in total. The van der Waals surface area contributed by atoms with Crippen LogP contribution in [0.5, 0.6) is 0 Å². The smallest absolute Gasteiger partial charge is 0.276 e. The summed E-state index contributed by atoms with van der Waals surface area (Å²) in [5, 5.41) is 29.3. The van der Waals surface area contributed by atoms with Gasteiger partial charge in [-0.25, -0.2) is 63.2 Å². The molecule has 12 heterocycles. The molecule has 4 N–H and O–H groups in total. The average Bonchev–Trinajstić information content (AvgIpc) is 0.725. The van der Waals surface area contributed by atoms with Gasteiger partial charge in [0.2, 0.25) is 23.5 Å². The van der Waals surface area contributed by atoms with Crippen LogP contribution in [-0.2, 0) is 14.4 Å². The molecule has 3 aromatic carbocycles. The highest BCUT2D eigenvalue weighted by Gasteiger charge is 2.43. The Kier molecular flexibility index (Phi) is 30.1. The van der Waals surface area contributed by atoms with Crippen LogP contribution in [0, 0.1) is 119 Å². The van der Waals surface area contributed by atoms with E-state index in [1.807, 2.05) is 72.4 Å². The number of amides is 3. The minimum atomic E-state index is -2.36. The SMILES string of the molecule is C=CC(=O)N1[C@H](C)CN(c2c(C#N)c(=O)n(-c3c(C)ccnc3C(C)C)c3nc(-c4c(F)c(F)c(F)c(F)c4F)c(Cl)cc23)C[C@@H]1C.C=CC(=O)N1[C@H](C)CN(c2c(C#N)c(=O)n(-c3c(C)ccnc3C(C)C)c3nc(-c4c(F)c(N)c(F)c(F)c4F)c(Cl)cc23)C[C@@H]1C.C=CC(=O)N1[C@H](C)CN(c2c(C#N)c(=O)n(-c3c(C)ccnc3C(C)C)c3nc(-c4c(N)c(Cl)c(F)c(Cl)c4F)c(Cl)cc23)C[C@@H]1C. The Morgan fingerprint density at radius 3 is 0.901 bits per heavy atom. The number of benzene rings is 3. The summed E-state index contributed by atoms with van der Waals surface area (Å²) in [6, 6.07) is 12.7. The number of hydrogen-bond donors (Lipinski definition) is 2. The first-order valence-electron chi connectivity index (χ1n) is 43.8.